The normalized spacial score (nSPS) is 17.5. The fraction of sp³-hybridized carbons (Fsp3) is 0.100. The second kappa shape index (κ2) is 4.63. The molecule has 0 fully saturated rings. The number of carbonyl (C=O) groups is 1. The van der Waals surface area contributed by atoms with Crippen LogP contribution in [0.2, 0.25) is 5.15 Å². The lowest BCUT2D eigenvalue weighted by Crippen LogP contribution is -2.06. The van der Waals surface area contributed by atoms with E-state index in [4.69, 9.17) is 23.2 Å². The van der Waals surface area contributed by atoms with Crippen LogP contribution >= 0.6 is 23.2 Å². The molecule has 6 heteroatoms. The summed E-state index contributed by atoms with van der Waals surface area (Å²) in [4.78, 5) is 19.7. The van der Waals surface area contributed by atoms with Gasteiger partial charge in [-0.1, -0.05) is 22.8 Å². The lowest BCUT2D eigenvalue weighted by molar-refractivity contribution is -0.136. The van der Waals surface area contributed by atoms with Crippen molar-refractivity contribution in [2.24, 2.45) is 5.16 Å². The lowest BCUT2D eigenvalue weighted by atomic mass is 10.1. The fourth-order valence-electron chi connectivity index (χ4n) is 1.21. The van der Waals surface area contributed by atoms with Gasteiger partial charge in [-0.3, -0.25) is 0 Å². The van der Waals surface area contributed by atoms with Crippen LogP contribution in [0.3, 0.4) is 0 Å². The van der Waals surface area contributed by atoms with Gasteiger partial charge in [-0.25, -0.2) is 9.78 Å². The van der Waals surface area contributed by atoms with Crippen LogP contribution in [0.4, 0.5) is 0 Å². The van der Waals surface area contributed by atoms with Crippen molar-refractivity contribution in [3.63, 3.8) is 0 Å². The molecule has 0 bridgehead atoms. The number of oxime groups is 1. The predicted octanol–water partition coefficient (Wildman–Crippen LogP) is 2.27. The van der Waals surface area contributed by atoms with Crippen molar-refractivity contribution >= 4 is 41.0 Å². The summed E-state index contributed by atoms with van der Waals surface area (Å²) in [5.74, 6) is -0.425. The molecule has 0 amide bonds. The summed E-state index contributed by atoms with van der Waals surface area (Å²) in [6.07, 6.45) is 3.12. The first-order valence-corrected chi connectivity index (χ1v) is 5.30. The van der Waals surface area contributed by atoms with Gasteiger partial charge in [0, 0.05) is 11.8 Å². The first-order valence-electron chi connectivity index (χ1n) is 4.39. The van der Waals surface area contributed by atoms with Gasteiger partial charge < -0.3 is 4.84 Å². The van der Waals surface area contributed by atoms with Crippen molar-refractivity contribution in [3.8, 4) is 0 Å². The Labute approximate surface area is 102 Å². The molecule has 0 saturated heterocycles. The van der Waals surface area contributed by atoms with Gasteiger partial charge in [-0.15, -0.1) is 11.6 Å². The SMILES string of the molecule is O=C1ON=C(CCl)/C1=C/c1cccnc1Cl. The van der Waals surface area contributed by atoms with Gasteiger partial charge in [0.1, 0.15) is 10.9 Å². The number of hydrogen-bond donors (Lipinski definition) is 0. The molecule has 1 aliphatic rings. The molecule has 82 valence electrons. The summed E-state index contributed by atoms with van der Waals surface area (Å²) in [6.45, 7) is 0. The maximum absolute atomic E-state index is 11.3. The van der Waals surface area contributed by atoms with Gasteiger partial charge in [0.25, 0.3) is 0 Å². The van der Waals surface area contributed by atoms with Crippen molar-refractivity contribution in [1.82, 2.24) is 4.98 Å². The van der Waals surface area contributed by atoms with Crippen molar-refractivity contribution in [3.05, 3.63) is 34.6 Å². The van der Waals surface area contributed by atoms with Gasteiger partial charge in [-0.05, 0) is 12.1 Å². The molecule has 0 N–H and O–H groups in total. The Hall–Kier alpha value is -1.39. The Bertz CT molecular complexity index is 497. The summed E-state index contributed by atoms with van der Waals surface area (Å²) < 4.78 is 0. The number of alkyl halides is 1. The molecule has 0 atom stereocenters. The van der Waals surface area contributed by atoms with Crippen LogP contribution in [0, 0.1) is 0 Å². The molecular formula is C10H6Cl2N2O2. The molecule has 0 aromatic carbocycles. The Balaban J connectivity index is 2.41. The summed E-state index contributed by atoms with van der Waals surface area (Å²) in [5.41, 5.74) is 1.33. The van der Waals surface area contributed by atoms with Crippen molar-refractivity contribution in [2.75, 3.05) is 5.88 Å². The molecule has 2 rings (SSSR count). The molecular weight excluding hydrogens is 251 g/mol. The third-order valence-corrected chi connectivity index (χ3v) is 2.55. The quantitative estimate of drug-likeness (QED) is 0.353. The zero-order chi connectivity index (χ0) is 11.5. The molecule has 1 aromatic rings. The molecule has 1 aliphatic heterocycles. The van der Waals surface area contributed by atoms with E-state index in [2.05, 4.69) is 15.0 Å². The number of aromatic nitrogens is 1. The molecule has 0 aliphatic carbocycles. The minimum atomic E-state index is -0.532. The number of pyridine rings is 1. The minimum absolute atomic E-state index is 0.107. The second-order valence-corrected chi connectivity index (χ2v) is 3.62. The standard InChI is InChI=1S/C10H6Cl2N2O2/c11-5-8-7(10(15)16-14-8)4-6-2-1-3-13-9(6)12/h1-4H,5H2/b7-4-. The Morgan fingerprint density at radius 2 is 2.31 bits per heavy atom. The van der Waals surface area contributed by atoms with Gasteiger partial charge in [0.05, 0.1) is 11.5 Å². The van der Waals surface area contributed by atoms with Crippen molar-refractivity contribution in [2.45, 2.75) is 0 Å². The average Bonchev–Trinajstić information content (AvgIpc) is 2.63. The van der Waals surface area contributed by atoms with Crippen molar-refractivity contribution in [1.29, 1.82) is 0 Å². The maximum atomic E-state index is 11.3. The van der Waals surface area contributed by atoms with Gasteiger partial charge >= 0.3 is 5.97 Å². The Morgan fingerprint density at radius 1 is 1.50 bits per heavy atom. The van der Waals surface area contributed by atoms with E-state index in [1.54, 1.807) is 24.4 Å². The van der Waals surface area contributed by atoms with E-state index < -0.39 is 5.97 Å². The average molecular weight is 257 g/mol. The topological polar surface area (TPSA) is 51.5 Å². The molecule has 0 unspecified atom stereocenters. The molecule has 0 radical (unpaired) electrons. The summed E-state index contributed by atoms with van der Waals surface area (Å²) >= 11 is 11.5. The van der Waals surface area contributed by atoms with E-state index in [0.717, 1.165) is 0 Å². The monoisotopic (exact) mass is 256 g/mol. The second-order valence-electron chi connectivity index (χ2n) is 2.99. The number of carbonyl (C=O) groups excluding carboxylic acids is 1. The van der Waals surface area contributed by atoms with E-state index in [1.807, 2.05) is 0 Å². The number of rotatable bonds is 2. The van der Waals surface area contributed by atoms with Crippen LogP contribution in [0.5, 0.6) is 0 Å². The van der Waals surface area contributed by atoms with Crippen LogP contribution in [0.25, 0.3) is 6.08 Å². The summed E-state index contributed by atoms with van der Waals surface area (Å²) in [5, 5.41) is 3.85. The maximum Gasteiger partial charge on any atom is 0.367 e. The first-order chi connectivity index (χ1) is 7.72. The molecule has 16 heavy (non-hydrogen) atoms. The van der Waals surface area contributed by atoms with Gasteiger partial charge in [-0.2, -0.15) is 0 Å². The Kier molecular flexibility index (Phi) is 3.22. The first kappa shape index (κ1) is 11.1. The van der Waals surface area contributed by atoms with Crippen LogP contribution in [0.1, 0.15) is 5.56 Å². The smallest absolute Gasteiger partial charge is 0.312 e. The van der Waals surface area contributed by atoms with E-state index >= 15 is 0 Å². The highest BCUT2D eigenvalue weighted by Gasteiger charge is 2.24. The predicted molar refractivity (Wildman–Crippen MR) is 61.5 cm³/mol. The summed E-state index contributed by atoms with van der Waals surface area (Å²) in [7, 11) is 0. The summed E-state index contributed by atoms with van der Waals surface area (Å²) in [6, 6.07) is 3.45. The van der Waals surface area contributed by atoms with Gasteiger partial charge in [0.2, 0.25) is 0 Å². The lowest BCUT2D eigenvalue weighted by Gasteiger charge is -1.98. The third kappa shape index (κ3) is 2.08. The third-order valence-electron chi connectivity index (χ3n) is 1.98. The molecule has 2 heterocycles. The number of nitrogens with zero attached hydrogens (tertiary/aromatic N) is 2. The highest BCUT2D eigenvalue weighted by atomic mass is 35.5. The molecule has 0 saturated carbocycles. The Morgan fingerprint density at radius 3 is 3.00 bits per heavy atom. The fourth-order valence-corrected chi connectivity index (χ4v) is 1.58. The molecule has 4 nitrogen and oxygen atoms in total. The highest BCUT2D eigenvalue weighted by molar-refractivity contribution is 6.38. The molecule has 1 aromatic heterocycles. The highest BCUT2D eigenvalue weighted by Crippen LogP contribution is 2.20. The van der Waals surface area contributed by atoms with Crippen LogP contribution in [-0.2, 0) is 9.63 Å². The van der Waals surface area contributed by atoms with E-state index in [9.17, 15) is 4.79 Å². The van der Waals surface area contributed by atoms with E-state index in [0.29, 0.717) is 22.0 Å². The van der Waals surface area contributed by atoms with Crippen LogP contribution in [-0.4, -0.2) is 22.5 Å². The van der Waals surface area contributed by atoms with E-state index in [1.165, 1.54) is 0 Å². The van der Waals surface area contributed by atoms with Gasteiger partial charge in [0.15, 0.2) is 0 Å². The zero-order valence-electron chi connectivity index (χ0n) is 7.98. The molecule has 0 spiro atoms. The minimum Gasteiger partial charge on any atom is -0.312 e. The van der Waals surface area contributed by atoms with Crippen LogP contribution in [0.15, 0.2) is 29.1 Å². The van der Waals surface area contributed by atoms with Crippen LogP contribution < -0.4 is 0 Å². The van der Waals surface area contributed by atoms with E-state index in [-0.39, 0.29) is 5.88 Å². The zero-order valence-corrected chi connectivity index (χ0v) is 9.50. The number of hydrogen-bond acceptors (Lipinski definition) is 4. The largest absolute Gasteiger partial charge is 0.367 e. The number of halogens is 2. The van der Waals surface area contributed by atoms with Crippen molar-refractivity contribution < 1.29 is 9.63 Å².